The summed E-state index contributed by atoms with van der Waals surface area (Å²) in [6.07, 6.45) is 0.989. The molecule has 3 nitrogen and oxygen atoms in total. The predicted molar refractivity (Wildman–Crippen MR) is 77.9 cm³/mol. The maximum Gasteiger partial charge on any atom is 0.145 e. The van der Waals surface area contributed by atoms with Gasteiger partial charge in [-0.05, 0) is 43.2 Å². The third-order valence-corrected chi connectivity index (χ3v) is 2.83. The van der Waals surface area contributed by atoms with Crippen LogP contribution < -0.4 is 15.2 Å². The van der Waals surface area contributed by atoms with E-state index in [0.29, 0.717) is 18.0 Å². The van der Waals surface area contributed by atoms with Gasteiger partial charge in [0.25, 0.3) is 0 Å². The minimum atomic E-state index is 0.582. The van der Waals surface area contributed by atoms with E-state index in [9.17, 15) is 0 Å². The third-order valence-electron chi connectivity index (χ3n) is 2.83. The summed E-state index contributed by atoms with van der Waals surface area (Å²) in [5, 5.41) is 0. The first-order valence-electron chi connectivity index (χ1n) is 6.52. The highest BCUT2D eigenvalue weighted by Crippen LogP contribution is 2.30. The van der Waals surface area contributed by atoms with Crippen molar-refractivity contribution in [2.45, 2.75) is 20.3 Å². The number of hydrogen-bond donors (Lipinski definition) is 1. The van der Waals surface area contributed by atoms with Crippen molar-refractivity contribution in [1.82, 2.24) is 0 Å². The van der Waals surface area contributed by atoms with Crippen molar-refractivity contribution < 1.29 is 9.47 Å². The van der Waals surface area contributed by atoms with Gasteiger partial charge in [0.15, 0.2) is 0 Å². The van der Waals surface area contributed by atoms with E-state index in [-0.39, 0.29) is 0 Å². The van der Waals surface area contributed by atoms with Crippen LogP contribution in [0, 0.1) is 0 Å². The van der Waals surface area contributed by atoms with Crippen molar-refractivity contribution >= 4 is 5.69 Å². The number of anilines is 1. The number of hydrogen-bond acceptors (Lipinski definition) is 3. The van der Waals surface area contributed by atoms with E-state index in [0.717, 1.165) is 17.9 Å². The normalized spacial score (nSPS) is 10.2. The van der Waals surface area contributed by atoms with Crippen molar-refractivity contribution in [2.75, 3.05) is 12.3 Å². The lowest BCUT2D eigenvalue weighted by atomic mass is 10.2. The molecule has 3 heteroatoms. The average molecular weight is 257 g/mol. The summed E-state index contributed by atoms with van der Waals surface area (Å²) in [5.41, 5.74) is 7.70. The molecule has 0 amide bonds. The van der Waals surface area contributed by atoms with Crippen molar-refractivity contribution in [3.05, 3.63) is 48.0 Å². The molecule has 0 aliphatic carbocycles. The fourth-order valence-corrected chi connectivity index (χ4v) is 1.82. The van der Waals surface area contributed by atoms with Crippen molar-refractivity contribution in [3.63, 3.8) is 0 Å². The Bertz CT molecular complexity index is 552. The molecule has 0 aromatic heterocycles. The zero-order chi connectivity index (χ0) is 13.7. The molecular formula is C16H19NO2. The van der Waals surface area contributed by atoms with E-state index in [1.54, 1.807) is 6.07 Å². The second-order valence-electron chi connectivity index (χ2n) is 4.24. The van der Waals surface area contributed by atoms with E-state index in [1.807, 2.05) is 37.3 Å². The van der Waals surface area contributed by atoms with E-state index in [1.165, 1.54) is 5.56 Å². The van der Waals surface area contributed by atoms with Crippen LogP contribution in [-0.2, 0) is 6.42 Å². The summed E-state index contributed by atoms with van der Waals surface area (Å²) in [7, 11) is 0. The number of nitrogens with two attached hydrogens (primary N) is 1. The van der Waals surface area contributed by atoms with Crippen LogP contribution in [-0.4, -0.2) is 6.61 Å². The Hall–Kier alpha value is -2.16. The molecule has 0 aliphatic rings. The highest BCUT2D eigenvalue weighted by atomic mass is 16.5. The van der Waals surface area contributed by atoms with Gasteiger partial charge in [0, 0.05) is 6.07 Å². The Morgan fingerprint density at radius 1 is 1.00 bits per heavy atom. The van der Waals surface area contributed by atoms with Crippen LogP contribution in [0.3, 0.4) is 0 Å². The Labute approximate surface area is 114 Å². The molecule has 0 aliphatic heterocycles. The van der Waals surface area contributed by atoms with Crippen LogP contribution in [0.15, 0.2) is 42.5 Å². The van der Waals surface area contributed by atoms with Gasteiger partial charge < -0.3 is 15.2 Å². The molecule has 0 heterocycles. The van der Waals surface area contributed by atoms with E-state index in [2.05, 4.69) is 13.0 Å². The Kier molecular flexibility index (Phi) is 4.29. The predicted octanol–water partition coefficient (Wildman–Crippen LogP) is 4.02. The van der Waals surface area contributed by atoms with Gasteiger partial charge in [-0.15, -0.1) is 0 Å². The van der Waals surface area contributed by atoms with Gasteiger partial charge >= 0.3 is 0 Å². The molecule has 2 N–H and O–H groups in total. The van der Waals surface area contributed by atoms with E-state index < -0.39 is 0 Å². The van der Waals surface area contributed by atoms with E-state index >= 15 is 0 Å². The molecule has 2 aromatic rings. The molecule has 0 unspecified atom stereocenters. The molecule has 0 atom stereocenters. The van der Waals surface area contributed by atoms with Gasteiger partial charge in [-0.3, -0.25) is 0 Å². The number of aryl methyl sites for hydroxylation is 1. The van der Waals surface area contributed by atoms with Crippen LogP contribution >= 0.6 is 0 Å². The fraction of sp³-hybridized carbons (Fsp3) is 0.250. The van der Waals surface area contributed by atoms with Gasteiger partial charge in [-0.1, -0.05) is 19.1 Å². The van der Waals surface area contributed by atoms with E-state index in [4.69, 9.17) is 15.2 Å². The quantitative estimate of drug-likeness (QED) is 0.823. The Morgan fingerprint density at radius 2 is 1.79 bits per heavy atom. The maximum atomic E-state index is 5.83. The minimum absolute atomic E-state index is 0.582. The molecule has 0 fully saturated rings. The summed E-state index contributed by atoms with van der Waals surface area (Å²) < 4.78 is 11.3. The molecule has 100 valence electrons. The van der Waals surface area contributed by atoms with Crippen LogP contribution in [0.5, 0.6) is 17.2 Å². The second kappa shape index (κ2) is 6.14. The maximum absolute atomic E-state index is 5.83. The molecule has 2 aromatic carbocycles. The summed E-state index contributed by atoms with van der Waals surface area (Å²) >= 11 is 0. The highest BCUT2D eigenvalue weighted by Gasteiger charge is 2.04. The lowest BCUT2D eigenvalue weighted by molar-refractivity contribution is 0.340. The van der Waals surface area contributed by atoms with Gasteiger partial charge in [-0.25, -0.2) is 0 Å². The van der Waals surface area contributed by atoms with Gasteiger partial charge in [0.1, 0.15) is 17.2 Å². The number of nitrogen functional groups attached to an aromatic ring is 1. The molecular weight excluding hydrogens is 238 g/mol. The summed E-state index contributed by atoms with van der Waals surface area (Å²) in [6, 6.07) is 13.5. The van der Waals surface area contributed by atoms with Crippen molar-refractivity contribution in [2.24, 2.45) is 0 Å². The zero-order valence-corrected chi connectivity index (χ0v) is 11.3. The average Bonchev–Trinajstić information content (AvgIpc) is 2.43. The molecule has 0 saturated heterocycles. The van der Waals surface area contributed by atoms with Crippen LogP contribution in [0.1, 0.15) is 19.4 Å². The van der Waals surface area contributed by atoms with Crippen LogP contribution in [0.2, 0.25) is 0 Å². The zero-order valence-electron chi connectivity index (χ0n) is 11.3. The van der Waals surface area contributed by atoms with Gasteiger partial charge in [0.05, 0.1) is 12.3 Å². The van der Waals surface area contributed by atoms with Crippen LogP contribution in [0.4, 0.5) is 5.69 Å². The number of benzene rings is 2. The number of rotatable bonds is 5. The van der Waals surface area contributed by atoms with Crippen LogP contribution in [0.25, 0.3) is 0 Å². The smallest absolute Gasteiger partial charge is 0.145 e. The molecule has 0 bridgehead atoms. The molecule has 0 spiro atoms. The van der Waals surface area contributed by atoms with Gasteiger partial charge in [-0.2, -0.15) is 0 Å². The monoisotopic (exact) mass is 257 g/mol. The first-order valence-corrected chi connectivity index (χ1v) is 6.52. The topological polar surface area (TPSA) is 44.5 Å². The standard InChI is InChI=1S/C16H19NO2/c1-3-12-6-5-7-13(10-12)19-14-8-9-15(17)16(11-14)18-4-2/h5-11H,3-4,17H2,1-2H3. The second-order valence-corrected chi connectivity index (χ2v) is 4.24. The lowest BCUT2D eigenvalue weighted by Crippen LogP contribution is -1.97. The fourth-order valence-electron chi connectivity index (χ4n) is 1.82. The first kappa shape index (κ1) is 13.3. The first-order chi connectivity index (χ1) is 9.22. The largest absolute Gasteiger partial charge is 0.492 e. The summed E-state index contributed by atoms with van der Waals surface area (Å²) in [5.74, 6) is 2.21. The van der Waals surface area contributed by atoms with Crippen molar-refractivity contribution in [1.29, 1.82) is 0 Å². The lowest BCUT2D eigenvalue weighted by Gasteiger charge is -2.11. The Morgan fingerprint density at radius 3 is 2.53 bits per heavy atom. The Balaban J connectivity index is 2.20. The molecule has 0 radical (unpaired) electrons. The number of ether oxygens (including phenoxy) is 2. The summed E-state index contributed by atoms with van der Waals surface area (Å²) in [4.78, 5) is 0. The third kappa shape index (κ3) is 3.41. The molecule has 0 saturated carbocycles. The highest BCUT2D eigenvalue weighted by molar-refractivity contribution is 5.56. The summed E-state index contributed by atoms with van der Waals surface area (Å²) in [6.45, 7) is 4.63. The van der Waals surface area contributed by atoms with Crippen molar-refractivity contribution in [3.8, 4) is 17.2 Å². The SMILES string of the molecule is CCOc1cc(Oc2cccc(CC)c2)ccc1N. The molecule has 19 heavy (non-hydrogen) atoms. The minimum Gasteiger partial charge on any atom is -0.492 e. The van der Waals surface area contributed by atoms with Gasteiger partial charge in [0.2, 0.25) is 0 Å². The molecule has 2 rings (SSSR count).